The Bertz CT molecular complexity index is 284. The smallest absolute Gasteiger partial charge is 0.152 e. The molecule has 0 amide bonds. The molecule has 0 aliphatic heterocycles. The van der Waals surface area contributed by atoms with E-state index in [9.17, 15) is 0 Å². The monoisotopic (exact) mass is 192 g/mol. The van der Waals surface area contributed by atoms with Crippen LogP contribution in [0.5, 0.6) is 0 Å². The average Bonchev–Trinajstić information content (AvgIpc) is 2.54. The van der Waals surface area contributed by atoms with Gasteiger partial charge in [-0.05, 0) is 12.8 Å². The lowest BCUT2D eigenvalue weighted by atomic mass is 10.3. The summed E-state index contributed by atoms with van der Waals surface area (Å²) in [6.45, 7) is 7.30. The van der Waals surface area contributed by atoms with Gasteiger partial charge in [-0.3, -0.25) is 0 Å². The number of nitrogens with zero attached hydrogens (tertiary/aromatic N) is 3. The molecule has 4 heteroatoms. The molecule has 0 aliphatic carbocycles. The molecule has 0 aliphatic rings. The number of nitrogen functional groups attached to an aromatic ring is 1. The van der Waals surface area contributed by atoms with Crippen molar-refractivity contribution in [3.8, 4) is 0 Å². The first-order valence-corrected chi connectivity index (χ1v) is 4.69. The fraction of sp³-hybridized carbons (Fsp3) is 0.400. The highest BCUT2D eigenvalue weighted by Gasteiger charge is 2.07. The van der Waals surface area contributed by atoms with Gasteiger partial charge in [-0.25, -0.2) is 4.68 Å². The summed E-state index contributed by atoms with van der Waals surface area (Å²) in [7, 11) is 0. The lowest BCUT2D eigenvalue weighted by Crippen LogP contribution is -2.16. The van der Waals surface area contributed by atoms with Crippen molar-refractivity contribution in [2.75, 3.05) is 5.84 Å². The summed E-state index contributed by atoms with van der Waals surface area (Å²) < 4.78 is 1.56. The Balaban J connectivity index is 2.64. The van der Waals surface area contributed by atoms with E-state index in [1.165, 1.54) is 0 Å². The molecule has 0 spiro atoms. The second kappa shape index (κ2) is 5.21. The summed E-state index contributed by atoms with van der Waals surface area (Å²) in [5.74, 6) is 7.43. The van der Waals surface area contributed by atoms with Gasteiger partial charge in [0.1, 0.15) is 0 Å². The summed E-state index contributed by atoms with van der Waals surface area (Å²) in [5, 5.41) is 8.02. The zero-order chi connectivity index (χ0) is 10.4. The standard InChI is InChI=1S/C10H16N4/c1-3-5-7-9-12-13-10(14(9)11)8-6-4-2/h3-4H,1-2,5-8,11H2. The highest BCUT2D eigenvalue weighted by molar-refractivity contribution is 4.98. The van der Waals surface area contributed by atoms with E-state index in [4.69, 9.17) is 5.84 Å². The molecule has 1 aromatic rings. The predicted molar refractivity (Wildman–Crippen MR) is 57.2 cm³/mol. The molecular weight excluding hydrogens is 176 g/mol. The van der Waals surface area contributed by atoms with Crippen LogP contribution in [-0.4, -0.2) is 14.9 Å². The molecule has 2 N–H and O–H groups in total. The highest BCUT2D eigenvalue weighted by Crippen LogP contribution is 2.03. The first-order valence-electron chi connectivity index (χ1n) is 4.69. The highest BCUT2D eigenvalue weighted by atomic mass is 15.4. The topological polar surface area (TPSA) is 56.7 Å². The average molecular weight is 192 g/mol. The van der Waals surface area contributed by atoms with Gasteiger partial charge in [-0.15, -0.1) is 23.4 Å². The van der Waals surface area contributed by atoms with E-state index in [0.717, 1.165) is 37.3 Å². The number of aryl methyl sites for hydroxylation is 2. The minimum Gasteiger partial charge on any atom is -0.336 e. The van der Waals surface area contributed by atoms with Crippen LogP contribution in [0.3, 0.4) is 0 Å². The quantitative estimate of drug-likeness (QED) is 0.544. The van der Waals surface area contributed by atoms with Gasteiger partial charge in [0, 0.05) is 12.8 Å². The molecule has 0 unspecified atom stereocenters. The van der Waals surface area contributed by atoms with Crippen molar-refractivity contribution in [2.45, 2.75) is 25.7 Å². The van der Waals surface area contributed by atoms with Gasteiger partial charge in [0.2, 0.25) is 0 Å². The Kier molecular flexibility index (Phi) is 3.91. The number of hydrogen-bond donors (Lipinski definition) is 1. The number of aromatic nitrogens is 3. The molecule has 0 saturated carbocycles. The van der Waals surface area contributed by atoms with Crippen molar-refractivity contribution in [2.24, 2.45) is 0 Å². The minimum atomic E-state index is 0.793. The normalized spacial score (nSPS) is 10.0. The lowest BCUT2D eigenvalue weighted by molar-refractivity contribution is 0.772. The van der Waals surface area contributed by atoms with Gasteiger partial charge >= 0.3 is 0 Å². The molecule has 0 radical (unpaired) electrons. The third-order valence-electron chi connectivity index (χ3n) is 1.98. The van der Waals surface area contributed by atoms with Crippen LogP contribution in [0.15, 0.2) is 25.3 Å². The maximum Gasteiger partial charge on any atom is 0.152 e. The maximum atomic E-state index is 5.81. The largest absolute Gasteiger partial charge is 0.336 e. The molecule has 76 valence electrons. The van der Waals surface area contributed by atoms with Crippen molar-refractivity contribution in [3.05, 3.63) is 37.0 Å². The van der Waals surface area contributed by atoms with Crippen LogP contribution < -0.4 is 5.84 Å². The third kappa shape index (κ3) is 2.45. The van der Waals surface area contributed by atoms with E-state index in [2.05, 4.69) is 23.4 Å². The van der Waals surface area contributed by atoms with Crippen LogP contribution in [0.2, 0.25) is 0 Å². The van der Waals surface area contributed by atoms with Crippen molar-refractivity contribution in [1.29, 1.82) is 0 Å². The fourth-order valence-corrected chi connectivity index (χ4v) is 1.16. The molecule has 1 aromatic heterocycles. The van der Waals surface area contributed by atoms with Gasteiger partial charge in [-0.1, -0.05) is 12.2 Å². The number of rotatable bonds is 6. The second-order valence-corrected chi connectivity index (χ2v) is 3.06. The molecule has 0 saturated heterocycles. The molecule has 0 bridgehead atoms. The van der Waals surface area contributed by atoms with Gasteiger partial charge in [0.25, 0.3) is 0 Å². The predicted octanol–water partition coefficient (Wildman–Crippen LogP) is 1.23. The van der Waals surface area contributed by atoms with Crippen molar-refractivity contribution in [1.82, 2.24) is 14.9 Å². The Labute approximate surface area is 84.1 Å². The third-order valence-corrected chi connectivity index (χ3v) is 1.98. The van der Waals surface area contributed by atoms with Crippen LogP contribution in [0, 0.1) is 0 Å². The number of nitrogens with two attached hydrogens (primary N) is 1. The molecule has 0 atom stereocenters. The van der Waals surface area contributed by atoms with Crippen LogP contribution in [0.1, 0.15) is 24.5 Å². The Morgan fingerprint density at radius 1 is 1.07 bits per heavy atom. The van der Waals surface area contributed by atoms with Crippen LogP contribution in [0.4, 0.5) is 0 Å². The maximum absolute atomic E-state index is 5.81. The van der Waals surface area contributed by atoms with Gasteiger partial charge in [0.15, 0.2) is 11.6 Å². The summed E-state index contributed by atoms with van der Waals surface area (Å²) in [5.41, 5.74) is 0. The summed E-state index contributed by atoms with van der Waals surface area (Å²) in [6, 6.07) is 0. The van der Waals surface area contributed by atoms with Crippen LogP contribution in [-0.2, 0) is 12.8 Å². The fourth-order valence-electron chi connectivity index (χ4n) is 1.16. The van der Waals surface area contributed by atoms with E-state index in [1.54, 1.807) is 4.68 Å². The zero-order valence-corrected chi connectivity index (χ0v) is 8.32. The SMILES string of the molecule is C=CCCc1nnc(CCC=C)n1N. The number of allylic oxidation sites excluding steroid dienone is 2. The van der Waals surface area contributed by atoms with Crippen molar-refractivity contribution < 1.29 is 0 Å². The Morgan fingerprint density at radius 3 is 1.86 bits per heavy atom. The van der Waals surface area contributed by atoms with E-state index >= 15 is 0 Å². The molecule has 0 fully saturated rings. The van der Waals surface area contributed by atoms with E-state index in [1.807, 2.05) is 12.2 Å². The first-order chi connectivity index (χ1) is 6.79. The molecule has 0 aromatic carbocycles. The Morgan fingerprint density at radius 2 is 1.50 bits per heavy atom. The van der Waals surface area contributed by atoms with Gasteiger partial charge in [0.05, 0.1) is 0 Å². The zero-order valence-electron chi connectivity index (χ0n) is 8.32. The van der Waals surface area contributed by atoms with Gasteiger partial charge in [-0.2, -0.15) is 0 Å². The van der Waals surface area contributed by atoms with Crippen molar-refractivity contribution >= 4 is 0 Å². The van der Waals surface area contributed by atoms with E-state index < -0.39 is 0 Å². The van der Waals surface area contributed by atoms with Crippen LogP contribution >= 0.6 is 0 Å². The molecule has 1 heterocycles. The minimum absolute atomic E-state index is 0.793. The lowest BCUT2D eigenvalue weighted by Gasteiger charge is -2.00. The van der Waals surface area contributed by atoms with E-state index in [-0.39, 0.29) is 0 Å². The van der Waals surface area contributed by atoms with Crippen molar-refractivity contribution in [3.63, 3.8) is 0 Å². The number of hydrogen-bond acceptors (Lipinski definition) is 3. The van der Waals surface area contributed by atoms with E-state index in [0.29, 0.717) is 0 Å². The summed E-state index contributed by atoms with van der Waals surface area (Å²) >= 11 is 0. The molecule has 1 rings (SSSR count). The first kappa shape index (κ1) is 10.5. The summed E-state index contributed by atoms with van der Waals surface area (Å²) in [6.07, 6.45) is 7.02. The van der Waals surface area contributed by atoms with Gasteiger partial charge < -0.3 is 5.84 Å². The summed E-state index contributed by atoms with van der Waals surface area (Å²) in [4.78, 5) is 0. The molecule has 14 heavy (non-hydrogen) atoms. The van der Waals surface area contributed by atoms with Crippen LogP contribution in [0.25, 0.3) is 0 Å². The Hall–Kier alpha value is -1.58. The molecule has 4 nitrogen and oxygen atoms in total. The second-order valence-electron chi connectivity index (χ2n) is 3.06. The molecular formula is C10H16N4.